The number of hydrogen-bond donors (Lipinski definition) is 0. The lowest BCUT2D eigenvalue weighted by atomic mass is 9.76. The molecule has 3 rings (SSSR count). The van der Waals surface area contributed by atoms with Gasteiger partial charge in [-0.3, -0.25) is 0 Å². The Bertz CT molecular complexity index is 806. The Balaban J connectivity index is 1.84. The first-order valence-corrected chi connectivity index (χ1v) is 10.2. The van der Waals surface area contributed by atoms with E-state index in [1.807, 2.05) is 65.0 Å². The molecule has 1 aliphatic rings. The molecule has 0 saturated carbocycles. The zero-order chi connectivity index (χ0) is 21.1. The molecular formula is C22H28BClO5. The van der Waals surface area contributed by atoms with Gasteiger partial charge in [0.1, 0.15) is 18.3 Å². The van der Waals surface area contributed by atoms with Crippen molar-refractivity contribution in [1.29, 1.82) is 0 Å². The van der Waals surface area contributed by atoms with E-state index in [0.717, 1.165) is 11.0 Å². The highest BCUT2D eigenvalue weighted by atomic mass is 35.5. The van der Waals surface area contributed by atoms with Gasteiger partial charge in [-0.15, -0.1) is 0 Å². The van der Waals surface area contributed by atoms with Gasteiger partial charge >= 0.3 is 7.12 Å². The summed E-state index contributed by atoms with van der Waals surface area (Å²) in [7, 11) is -0.477. The van der Waals surface area contributed by atoms with E-state index in [0.29, 0.717) is 29.7 Å². The predicted octanol–water partition coefficient (Wildman–Crippen LogP) is 4.94. The van der Waals surface area contributed by atoms with Crippen molar-refractivity contribution >= 4 is 24.2 Å². The van der Waals surface area contributed by atoms with Gasteiger partial charge < -0.3 is 23.5 Å². The first-order valence-electron chi connectivity index (χ1n) is 9.79. The number of rotatable bonds is 8. The van der Waals surface area contributed by atoms with Gasteiger partial charge in [-0.05, 0) is 82.0 Å². The average molecular weight is 419 g/mol. The number of ether oxygens (including phenoxy) is 3. The van der Waals surface area contributed by atoms with E-state index in [4.69, 9.17) is 35.1 Å². The van der Waals surface area contributed by atoms with Gasteiger partial charge in [0.25, 0.3) is 0 Å². The van der Waals surface area contributed by atoms with Crippen LogP contribution in [0.25, 0.3) is 0 Å². The topological polar surface area (TPSA) is 46.2 Å². The van der Waals surface area contributed by atoms with Crippen molar-refractivity contribution in [2.24, 2.45) is 0 Å². The highest BCUT2D eigenvalue weighted by Gasteiger charge is 2.52. The molecule has 0 aromatic heterocycles. The van der Waals surface area contributed by atoms with Crippen molar-refractivity contribution in [2.45, 2.75) is 52.4 Å². The molecule has 2 aromatic rings. The molecule has 1 fully saturated rings. The minimum atomic E-state index is -0.477. The molecule has 0 N–H and O–H groups in total. The molecule has 2 aromatic carbocycles. The summed E-state index contributed by atoms with van der Waals surface area (Å²) in [5.74, 6) is 1.40. The van der Waals surface area contributed by atoms with Gasteiger partial charge in [0.2, 0.25) is 0 Å². The molecule has 0 aliphatic carbocycles. The molecule has 0 spiro atoms. The highest BCUT2D eigenvalue weighted by molar-refractivity contribution is 6.62. The van der Waals surface area contributed by atoms with Crippen molar-refractivity contribution < 1.29 is 23.5 Å². The molecule has 7 heteroatoms. The molecule has 1 aliphatic heterocycles. The second-order valence-corrected chi connectivity index (χ2v) is 8.40. The van der Waals surface area contributed by atoms with Crippen LogP contribution in [0.15, 0.2) is 42.5 Å². The van der Waals surface area contributed by atoms with Crippen LogP contribution in [-0.2, 0) is 25.4 Å². The summed E-state index contributed by atoms with van der Waals surface area (Å²) < 4.78 is 29.4. The van der Waals surface area contributed by atoms with E-state index < -0.39 is 18.3 Å². The second kappa shape index (κ2) is 9.06. The Morgan fingerprint density at radius 3 is 2.14 bits per heavy atom. The Kier molecular flexibility index (Phi) is 6.92. The van der Waals surface area contributed by atoms with Crippen LogP contribution in [0.5, 0.6) is 11.5 Å². The molecule has 1 saturated heterocycles. The smallest absolute Gasteiger partial charge is 0.457 e. The standard InChI is InChI=1S/C22H28BClO5/c1-6-25-15-26-14-16-13-19(27-18-9-7-17(24)8-10-18)11-12-20(16)23-28-21(2,3)22(4,5)29-23/h7-13H,6,14-15H2,1-5H3. The average Bonchev–Trinajstić information content (AvgIpc) is 2.88. The molecule has 1 heterocycles. The largest absolute Gasteiger partial charge is 0.495 e. The monoisotopic (exact) mass is 418 g/mol. The predicted molar refractivity (Wildman–Crippen MR) is 115 cm³/mol. The Labute approximate surface area is 178 Å². The Morgan fingerprint density at radius 2 is 1.52 bits per heavy atom. The summed E-state index contributed by atoms with van der Waals surface area (Å²) in [4.78, 5) is 0. The Hall–Kier alpha value is -1.57. The van der Waals surface area contributed by atoms with Crippen molar-refractivity contribution in [3.8, 4) is 11.5 Å². The third-order valence-electron chi connectivity index (χ3n) is 5.30. The van der Waals surface area contributed by atoms with Gasteiger partial charge in [0, 0.05) is 11.6 Å². The zero-order valence-corrected chi connectivity index (χ0v) is 18.4. The van der Waals surface area contributed by atoms with Gasteiger partial charge in [0.05, 0.1) is 17.8 Å². The van der Waals surface area contributed by atoms with Gasteiger partial charge in [-0.1, -0.05) is 17.7 Å². The van der Waals surface area contributed by atoms with Gasteiger partial charge in [0.15, 0.2) is 0 Å². The van der Waals surface area contributed by atoms with E-state index in [1.54, 1.807) is 12.1 Å². The number of halogens is 1. The van der Waals surface area contributed by atoms with Crippen molar-refractivity contribution in [3.63, 3.8) is 0 Å². The summed E-state index contributed by atoms with van der Waals surface area (Å²) in [6, 6.07) is 13.1. The van der Waals surface area contributed by atoms with Crippen LogP contribution in [0.3, 0.4) is 0 Å². The minimum absolute atomic E-state index is 0.224. The molecule has 0 unspecified atom stereocenters. The second-order valence-electron chi connectivity index (χ2n) is 7.96. The van der Waals surface area contributed by atoms with Crippen LogP contribution in [0.2, 0.25) is 5.02 Å². The van der Waals surface area contributed by atoms with Crippen molar-refractivity contribution in [3.05, 3.63) is 53.1 Å². The number of hydrogen-bond acceptors (Lipinski definition) is 5. The maximum Gasteiger partial charge on any atom is 0.495 e. The molecule has 156 valence electrons. The van der Waals surface area contributed by atoms with E-state index in [1.165, 1.54) is 0 Å². The summed E-state index contributed by atoms with van der Waals surface area (Å²) >= 11 is 5.95. The van der Waals surface area contributed by atoms with Crippen molar-refractivity contribution in [2.75, 3.05) is 13.4 Å². The molecule has 0 atom stereocenters. The molecule has 29 heavy (non-hydrogen) atoms. The first kappa shape index (κ1) is 22.1. The fourth-order valence-corrected chi connectivity index (χ4v) is 3.03. The maximum absolute atomic E-state index is 6.23. The van der Waals surface area contributed by atoms with E-state index in [2.05, 4.69) is 0 Å². The van der Waals surface area contributed by atoms with Crippen LogP contribution in [0.4, 0.5) is 0 Å². The third-order valence-corrected chi connectivity index (χ3v) is 5.55. The summed E-state index contributed by atoms with van der Waals surface area (Å²) in [5, 5.41) is 0.665. The summed E-state index contributed by atoms with van der Waals surface area (Å²) in [5.41, 5.74) is 1.01. The first-order chi connectivity index (χ1) is 13.7. The fourth-order valence-electron chi connectivity index (χ4n) is 2.90. The van der Waals surface area contributed by atoms with Gasteiger partial charge in [-0.2, -0.15) is 0 Å². The molecule has 0 amide bonds. The van der Waals surface area contributed by atoms with E-state index >= 15 is 0 Å². The van der Waals surface area contributed by atoms with E-state index in [-0.39, 0.29) is 6.79 Å². The van der Waals surface area contributed by atoms with Crippen LogP contribution >= 0.6 is 11.6 Å². The minimum Gasteiger partial charge on any atom is -0.457 e. The molecule has 0 bridgehead atoms. The lowest BCUT2D eigenvalue weighted by molar-refractivity contribution is -0.0570. The SMILES string of the molecule is CCOCOCc1cc(Oc2ccc(Cl)cc2)ccc1B1OC(C)(C)C(C)(C)O1. The Morgan fingerprint density at radius 1 is 0.897 bits per heavy atom. The molecule has 5 nitrogen and oxygen atoms in total. The summed E-state index contributed by atoms with van der Waals surface area (Å²) in [6.45, 7) is 11.3. The summed E-state index contributed by atoms with van der Waals surface area (Å²) in [6.07, 6.45) is 0. The van der Waals surface area contributed by atoms with Crippen LogP contribution in [0.1, 0.15) is 40.2 Å². The third kappa shape index (κ3) is 5.33. The number of benzene rings is 2. The van der Waals surface area contributed by atoms with Crippen LogP contribution in [-0.4, -0.2) is 31.7 Å². The zero-order valence-electron chi connectivity index (χ0n) is 17.7. The van der Waals surface area contributed by atoms with E-state index in [9.17, 15) is 0 Å². The van der Waals surface area contributed by atoms with Gasteiger partial charge in [-0.25, -0.2) is 0 Å². The lowest BCUT2D eigenvalue weighted by Crippen LogP contribution is -2.41. The van der Waals surface area contributed by atoms with Crippen LogP contribution in [0, 0.1) is 0 Å². The molecular weight excluding hydrogens is 391 g/mol. The van der Waals surface area contributed by atoms with Crippen molar-refractivity contribution in [1.82, 2.24) is 0 Å². The normalized spacial score (nSPS) is 17.5. The quantitative estimate of drug-likeness (QED) is 0.345. The highest BCUT2D eigenvalue weighted by Crippen LogP contribution is 2.37. The fraction of sp³-hybridized carbons (Fsp3) is 0.455. The lowest BCUT2D eigenvalue weighted by Gasteiger charge is -2.32. The maximum atomic E-state index is 6.23. The van der Waals surface area contributed by atoms with Crippen LogP contribution < -0.4 is 10.2 Å². The molecule has 0 radical (unpaired) electrons.